The van der Waals surface area contributed by atoms with Crippen molar-refractivity contribution in [2.75, 3.05) is 7.11 Å². The van der Waals surface area contributed by atoms with Crippen molar-refractivity contribution in [3.8, 4) is 5.75 Å². The van der Waals surface area contributed by atoms with Crippen molar-refractivity contribution in [2.24, 2.45) is 5.92 Å². The molecule has 2 saturated carbocycles. The van der Waals surface area contributed by atoms with Gasteiger partial charge in [-0.1, -0.05) is 17.7 Å². The highest BCUT2D eigenvalue weighted by Crippen LogP contribution is 2.45. The Hall–Kier alpha value is -1.57. The number of allylic oxidation sites excluding steroid dienone is 2. The summed E-state index contributed by atoms with van der Waals surface area (Å²) < 4.78 is 5.17. The van der Waals surface area contributed by atoms with Gasteiger partial charge in [-0.25, -0.2) is 0 Å². The van der Waals surface area contributed by atoms with Crippen molar-refractivity contribution < 1.29 is 9.53 Å². The molecule has 0 aliphatic heterocycles. The summed E-state index contributed by atoms with van der Waals surface area (Å²) in [6.45, 7) is 0. The third kappa shape index (κ3) is 2.12. The maximum absolute atomic E-state index is 12.5. The summed E-state index contributed by atoms with van der Waals surface area (Å²) in [4.78, 5) is 12.5. The van der Waals surface area contributed by atoms with E-state index in [9.17, 15) is 4.79 Å². The topological polar surface area (TPSA) is 26.3 Å². The molecule has 2 nitrogen and oxygen atoms in total. The smallest absolute Gasteiger partial charge is 0.189 e. The lowest BCUT2D eigenvalue weighted by Gasteiger charge is -2.06. The normalized spacial score (nSPS) is 17.8. The minimum atomic E-state index is 0.221. The zero-order valence-electron chi connectivity index (χ0n) is 10.0. The Morgan fingerprint density at radius 3 is 2.65 bits per heavy atom. The molecule has 0 radical (unpaired) electrons. The monoisotopic (exact) mass is 228 g/mol. The van der Waals surface area contributed by atoms with E-state index in [2.05, 4.69) is 0 Å². The quantitative estimate of drug-likeness (QED) is 0.583. The number of carbonyl (C=O) groups excluding carboxylic acids is 1. The molecule has 0 unspecified atom stereocenters. The SMILES string of the molecule is COc1cccc(C(=O)C(=C2CC2)C2CC2)c1. The van der Waals surface area contributed by atoms with Crippen molar-refractivity contribution in [3.05, 3.63) is 41.0 Å². The molecule has 1 aromatic carbocycles. The molecule has 0 saturated heterocycles. The van der Waals surface area contributed by atoms with Crippen LogP contribution in [0.25, 0.3) is 0 Å². The average molecular weight is 228 g/mol. The summed E-state index contributed by atoms with van der Waals surface area (Å²) in [7, 11) is 1.63. The van der Waals surface area contributed by atoms with Crippen LogP contribution in [0.15, 0.2) is 35.4 Å². The van der Waals surface area contributed by atoms with Crippen LogP contribution in [0.5, 0.6) is 5.75 Å². The molecule has 1 aromatic rings. The van der Waals surface area contributed by atoms with Gasteiger partial charge in [0.1, 0.15) is 5.75 Å². The molecule has 88 valence electrons. The fourth-order valence-corrected chi connectivity index (χ4v) is 2.26. The number of rotatable bonds is 4. The summed E-state index contributed by atoms with van der Waals surface area (Å²) >= 11 is 0. The fraction of sp³-hybridized carbons (Fsp3) is 0.400. The molecule has 2 aliphatic rings. The number of carbonyl (C=O) groups is 1. The van der Waals surface area contributed by atoms with Gasteiger partial charge in [0.15, 0.2) is 5.78 Å². The lowest BCUT2D eigenvalue weighted by atomic mass is 9.98. The zero-order chi connectivity index (χ0) is 11.8. The van der Waals surface area contributed by atoms with E-state index < -0.39 is 0 Å². The first-order chi connectivity index (χ1) is 8.29. The summed E-state index contributed by atoms with van der Waals surface area (Å²) in [5.74, 6) is 1.52. The molecule has 0 atom stereocenters. The van der Waals surface area contributed by atoms with Crippen LogP contribution in [0.1, 0.15) is 36.0 Å². The molecular weight excluding hydrogens is 212 g/mol. The van der Waals surface area contributed by atoms with E-state index in [4.69, 9.17) is 4.74 Å². The summed E-state index contributed by atoms with van der Waals surface area (Å²) in [5, 5.41) is 0. The number of methoxy groups -OCH3 is 1. The predicted molar refractivity (Wildman–Crippen MR) is 66.3 cm³/mol. The van der Waals surface area contributed by atoms with E-state index in [-0.39, 0.29) is 5.78 Å². The maximum Gasteiger partial charge on any atom is 0.189 e. The molecule has 0 aromatic heterocycles. The Labute approximate surface area is 101 Å². The van der Waals surface area contributed by atoms with Gasteiger partial charge in [0.25, 0.3) is 0 Å². The Morgan fingerprint density at radius 2 is 2.06 bits per heavy atom. The molecule has 3 rings (SSSR count). The summed E-state index contributed by atoms with van der Waals surface area (Å²) in [6.07, 6.45) is 4.63. The lowest BCUT2D eigenvalue weighted by molar-refractivity contribution is 0.102. The van der Waals surface area contributed by atoms with Gasteiger partial charge in [-0.05, 0) is 43.7 Å². The van der Waals surface area contributed by atoms with Gasteiger partial charge in [0, 0.05) is 11.1 Å². The number of hydrogen-bond acceptors (Lipinski definition) is 2. The molecule has 0 spiro atoms. The van der Waals surface area contributed by atoms with Crippen molar-refractivity contribution in [2.45, 2.75) is 25.7 Å². The molecule has 17 heavy (non-hydrogen) atoms. The number of ketones is 1. The van der Waals surface area contributed by atoms with Gasteiger partial charge in [0.2, 0.25) is 0 Å². The van der Waals surface area contributed by atoms with Crippen LogP contribution in [0, 0.1) is 5.92 Å². The molecule has 2 aliphatic carbocycles. The third-order valence-electron chi connectivity index (χ3n) is 3.44. The van der Waals surface area contributed by atoms with Crippen molar-refractivity contribution in [1.29, 1.82) is 0 Å². The van der Waals surface area contributed by atoms with E-state index >= 15 is 0 Å². The third-order valence-corrected chi connectivity index (χ3v) is 3.44. The van der Waals surface area contributed by atoms with Gasteiger partial charge in [-0.3, -0.25) is 4.79 Å². The van der Waals surface area contributed by atoms with E-state index in [0.717, 1.165) is 29.7 Å². The first kappa shape index (κ1) is 10.6. The van der Waals surface area contributed by atoms with Crippen molar-refractivity contribution >= 4 is 5.78 Å². The highest BCUT2D eigenvalue weighted by Gasteiger charge is 2.35. The van der Waals surface area contributed by atoms with Crippen LogP contribution in [-0.4, -0.2) is 12.9 Å². The second-order valence-electron chi connectivity index (χ2n) is 4.85. The predicted octanol–water partition coefficient (Wildman–Crippen LogP) is 3.38. The van der Waals surface area contributed by atoms with Crippen molar-refractivity contribution in [3.63, 3.8) is 0 Å². The highest BCUT2D eigenvalue weighted by atomic mass is 16.5. The number of benzene rings is 1. The second kappa shape index (κ2) is 4.02. The van der Waals surface area contributed by atoms with Crippen LogP contribution < -0.4 is 4.74 Å². The number of ether oxygens (including phenoxy) is 1. The van der Waals surface area contributed by atoms with Crippen molar-refractivity contribution in [1.82, 2.24) is 0 Å². The minimum Gasteiger partial charge on any atom is -0.497 e. The first-order valence-corrected chi connectivity index (χ1v) is 6.20. The molecule has 0 N–H and O–H groups in total. The highest BCUT2D eigenvalue weighted by molar-refractivity contribution is 6.10. The first-order valence-electron chi connectivity index (χ1n) is 6.20. The van der Waals surface area contributed by atoms with Gasteiger partial charge in [0.05, 0.1) is 7.11 Å². The van der Waals surface area contributed by atoms with Crippen LogP contribution in [-0.2, 0) is 0 Å². The van der Waals surface area contributed by atoms with Crippen LogP contribution in [0.4, 0.5) is 0 Å². The summed E-state index contributed by atoms with van der Waals surface area (Å²) in [6, 6.07) is 7.48. The second-order valence-corrected chi connectivity index (χ2v) is 4.85. The van der Waals surface area contributed by atoms with Crippen LogP contribution >= 0.6 is 0 Å². The molecule has 2 heteroatoms. The van der Waals surface area contributed by atoms with Gasteiger partial charge >= 0.3 is 0 Å². The molecule has 0 amide bonds. The van der Waals surface area contributed by atoms with Crippen LogP contribution in [0.3, 0.4) is 0 Å². The minimum absolute atomic E-state index is 0.221. The van der Waals surface area contributed by atoms with Gasteiger partial charge < -0.3 is 4.74 Å². The molecular formula is C15H16O2. The molecule has 2 fully saturated rings. The molecule has 0 bridgehead atoms. The average Bonchev–Trinajstić information content (AvgIpc) is 3.23. The zero-order valence-corrected chi connectivity index (χ0v) is 10.0. The standard InChI is InChI=1S/C15H16O2/c1-17-13-4-2-3-12(9-13)15(16)14(10-5-6-10)11-7-8-11/h2-4,9-10H,5-8H2,1H3. The van der Waals surface area contributed by atoms with Crippen LogP contribution in [0.2, 0.25) is 0 Å². The Bertz CT molecular complexity index is 489. The Kier molecular flexibility index (Phi) is 2.50. The van der Waals surface area contributed by atoms with E-state index in [1.807, 2.05) is 24.3 Å². The van der Waals surface area contributed by atoms with E-state index in [1.54, 1.807) is 7.11 Å². The van der Waals surface area contributed by atoms with E-state index in [0.29, 0.717) is 5.92 Å². The summed E-state index contributed by atoms with van der Waals surface area (Å²) in [5.41, 5.74) is 3.27. The van der Waals surface area contributed by atoms with Gasteiger partial charge in [-0.15, -0.1) is 0 Å². The Balaban J connectivity index is 1.92. The Morgan fingerprint density at radius 1 is 1.29 bits per heavy atom. The lowest BCUT2D eigenvalue weighted by Crippen LogP contribution is -2.05. The van der Waals surface area contributed by atoms with E-state index in [1.165, 1.54) is 18.4 Å². The van der Waals surface area contributed by atoms with Gasteiger partial charge in [-0.2, -0.15) is 0 Å². The largest absolute Gasteiger partial charge is 0.497 e. The number of hydrogen-bond donors (Lipinski definition) is 0. The number of Topliss-reactive ketones (excluding diaryl/α,β-unsaturated/α-hetero) is 1. The molecule has 0 heterocycles. The maximum atomic E-state index is 12.5. The fourth-order valence-electron chi connectivity index (χ4n) is 2.26.